The zero-order valence-electron chi connectivity index (χ0n) is 17.7. The van der Waals surface area contributed by atoms with E-state index in [4.69, 9.17) is 4.74 Å². The van der Waals surface area contributed by atoms with Gasteiger partial charge in [-0.05, 0) is 58.1 Å². The van der Waals surface area contributed by atoms with Crippen LogP contribution in [0.5, 0.6) is 11.5 Å². The largest absolute Gasteiger partial charge is 0.503 e. The first-order valence-corrected chi connectivity index (χ1v) is 12.3. The average Bonchev–Trinajstić information content (AvgIpc) is 3.15. The van der Waals surface area contributed by atoms with Gasteiger partial charge in [0.25, 0.3) is 5.91 Å². The van der Waals surface area contributed by atoms with Crippen LogP contribution in [0.4, 0.5) is 5.00 Å². The summed E-state index contributed by atoms with van der Waals surface area (Å²) in [5, 5.41) is 17.7. The number of phenolic OH excluding ortho intramolecular Hbond substituents is 1. The number of carbonyl (C=O) groups excluding carboxylic acids is 1. The molecule has 2 aliphatic rings. The Hall–Kier alpha value is -2.55. The van der Waals surface area contributed by atoms with Crippen molar-refractivity contribution in [2.75, 3.05) is 18.5 Å². The van der Waals surface area contributed by atoms with Crippen LogP contribution in [0.3, 0.4) is 0 Å². The fraction of sp³-hybridized carbons (Fsp3) is 0.292. The molecule has 3 heterocycles. The van der Waals surface area contributed by atoms with Gasteiger partial charge in [0, 0.05) is 24.5 Å². The standard InChI is InChI=1S/C24H24BrN3O3S/c1-2-31-18-11-15(10-17(25)21(18)29)22-26-23(30)20-16-8-9-28(12-14-6-4-3-5-7-14)13-19(16)32-24(20)27-22/h3-7,10-11,22,27,29H,2,8-9,12-13H2,1H3,(H,26,30)/t22-/m0/s1. The number of ether oxygens (including phenoxy) is 1. The highest BCUT2D eigenvalue weighted by Gasteiger charge is 2.33. The summed E-state index contributed by atoms with van der Waals surface area (Å²) in [4.78, 5) is 16.8. The minimum atomic E-state index is -0.397. The van der Waals surface area contributed by atoms with Gasteiger partial charge in [0.05, 0.1) is 16.6 Å². The summed E-state index contributed by atoms with van der Waals surface area (Å²) < 4.78 is 6.08. The highest BCUT2D eigenvalue weighted by Crippen LogP contribution is 2.43. The fourth-order valence-corrected chi connectivity index (χ4v) is 6.11. The summed E-state index contributed by atoms with van der Waals surface area (Å²) >= 11 is 5.06. The van der Waals surface area contributed by atoms with Crippen LogP contribution in [0, 0.1) is 0 Å². The quantitative estimate of drug-likeness (QED) is 0.446. The third-order valence-corrected chi connectivity index (χ3v) is 7.60. The van der Waals surface area contributed by atoms with Crippen molar-refractivity contribution in [1.82, 2.24) is 10.2 Å². The number of nitrogens with one attached hydrogen (secondary N) is 2. The Labute approximate surface area is 199 Å². The zero-order chi connectivity index (χ0) is 22.2. The zero-order valence-corrected chi connectivity index (χ0v) is 20.1. The van der Waals surface area contributed by atoms with Crippen LogP contribution in [0.1, 0.15) is 45.0 Å². The maximum Gasteiger partial charge on any atom is 0.256 e. The molecular weight excluding hydrogens is 490 g/mol. The Kier molecular flexibility index (Phi) is 5.84. The topological polar surface area (TPSA) is 73.8 Å². The number of benzene rings is 2. The van der Waals surface area contributed by atoms with E-state index in [0.717, 1.165) is 42.2 Å². The molecule has 32 heavy (non-hydrogen) atoms. The van der Waals surface area contributed by atoms with E-state index >= 15 is 0 Å². The van der Waals surface area contributed by atoms with Crippen LogP contribution in [0.15, 0.2) is 46.9 Å². The third kappa shape index (κ3) is 3.98. The Morgan fingerprint density at radius 2 is 2.06 bits per heavy atom. The lowest BCUT2D eigenvalue weighted by molar-refractivity contribution is 0.0934. The van der Waals surface area contributed by atoms with Gasteiger partial charge in [-0.25, -0.2) is 0 Å². The number of nitrogens with zero attached hydrogens (tertiary/aromatic N) is 1. The molecular formula is C24H24BrN3O3S. The van der Waals surface area contributed by atoms with Gasteiger partial charge < -0.3 is 20.5 Å². The minimum absolute atomic E-state index is 0.0556. The van der Waals surface area contributed by atoms with Crippen molar-refractivity contribution in [2.45, 2.75) is 32.6 Å². The van der Waals surface area contributed by atoms with Gasteiger partial charge in [0.1, 0.15) is 11.2 Å². The minimum Gasteiger partial charge on any atom is -0.503 e. The molecule has 0 radical (unpaired) electrons. The lowest BCUT2D eigenvalue weighted by Gasteiger charge is -2.29. The molecule has 0 saturated heterocycles. The predicted molar refractivity (Wildman–Crippen MR) is 129 cm³/mol. The first kappa shape index (κ1) is 21.3. The maximum absolute atomic E-state index is 13.1. The first-order valence-electron chi connectivity index (χ1n) is 10.7. The van der Waals surface area contributed by atoms with Gasteiger partial charge in [-0.15, -0.1) is 11.3 Å². The van der Waals surface area contributed by atoms with Gasteiger partial charge in [0.2, 0.25) is 0 Å². The van der Waals surface area contributed by atoms with Gasteiger partial charge in [-0.2, -0.15) is 0 Å². The number of carbonyl (C=O) groups is 1. The van der Waals surface area contributed by atoms with Crippen LogP contribution < -0.4 is 15.4 Å². The molecule has 0 bridgehead atoms. The van der Waals surface area contributed by atoms with E-state index in [9.17, 15) is 9.90 Å². The highest BCUT2D eigenvalue weighted by atomic mass is 79.9. The summed E-state index contributed by atoms with van der Waals surface area (Å²) in [5.41, 5.74) is 4.06. The van der Waals surface area contributed by atoms with Crippen LogP contribution in [0.2, 0.25) is 0 Å². The molecule has 0 spiro atoms. The van der Waals surface area contributed by atoms with Crippen molar-refractivity contribution in [2.24, 2.45) is 0 Å². The van der Waals surface area contributed by atoms with Gasteiger partial charge in [-0.3, -0.25) is 9.69 Å². The third-order valence-electron chi connectivity index (χ3n) is 5.85. The lowest BCUT2D eigenvalue weighted by Crippen LogP contribution is -2.38. The van der Waals surface area contributed by atoms with Crippen LogP contribution in [-0.4, -0.2) is 29.1 Å². The van der Waals surface area contributed by atoms with Crippen molar-refractivity contribution >= 4 is 38.2 Å². The number of rotatable bonds is 5. The lowest BCUT2D eigenvalue weighted by atomic mass is 10.00. The van der Waals surface area contributed by atoms with Crippen LogP contribution >= 0.6 is 27.3 Å². The summed E-state index contributed by atoms with van der Waals surface area (Å²) in [6, 6.07) is 14.1. The Bertz CT molecular complexity index is 1170. The maximum atomic E-state index is 13.1. The second-order valence-electron chi connectivity index (χ2n) is 7.99. The fourth-order valence-electron chi connectivity index (χ4n) is 4.34. The second kappa shape index (κ2) is 8.77. The first-order chi connectivity index (χ1) is 15.5. The number of aromatic hydroxyl groups is 1. The summed E-state index contributed by atoms with van der Waals surface area (Å²) in [6.07, 6.45) is 0.471. The molecule has 0 saturated carbocycles. The summed E-state index contributed by atoms with van der Waals surface area (Å²) in [5.74, 6) is 0.393. The molecule has 2 aromatic carbocycles. The molecule has 0 aliphatic carbocycles. The summed E-state index contributed by atoms with van der Waals surface area (Å²) in [6.45, 7) is 5.00. The molecule has 3 aromatic rings. The molecule has 3 N–H and O–H groups in total. The number of phenols is 1. The molecule has 1 amide bonds. The normalized spacial score (nSPS) is 17.8. The Balaban J connectivity index is 1.39. The Morgan fingerprint density at radius 3 is 2.84 bits per heavy atom. The molecule has 0 fully saturated rings. The number of hydrogen-bond donors (Lipinski definition) is 3. The number of fused-ring (bicyclic) bond motifs is 3. The number of amides is 1. The molecule has 0 unspecified atom stereocenters. The number of anilines is 1. The molecule has 1 aromatic heterocycles. The van der Waals surface area contributed by atoms with E-state index in [0.29, 0.717) is 16.8 Å². The van der Waals surface area contributed by atoms with Crippen molar-refractivity contribution in [3.63, 3.8) is 0 Å². The van der Waals surface area contributed by atoms with E-state index in [2.05, 4.69) is 55.7 Å². The van der Waals surface area contributed by atoms with E-state index in [1.165, 1.54) is 16.0 Å². The SMILES string of the molecule is CCOc1cc([C@H]2NC(=O)c3c(sc4c3CCN(Cc3ccccc3)C4)N2)cc(Br)c1O. The molecule has 166 valence electrons. The number of hydrogen-bond acceptors (Lipinski definition) is 6. The molecule has 2 aliphatic heterocycles. The monoisotopic (exact) mass is 513 g/mol. The molecule has 1 atom stereocenters. The van der Waals surface area contributed by atoms with Crippen molar-refractivity contribution < 1.29 is 14.6 Å². The van der Waals surface area contributed by atoms with Gasteiger partial charge in [0.15, 0.2) is 11.5 Å². The smallest absolute Gasteiger partial charge is 0.256 e. The highest BCUT2D eigenvalue weighted by molar-refractivity contribution is 9.10. The van der Waals surface area contributed by atoms with E-state index in [1.54, 1.807) is 23.5 Å². The predicted octanol–water partition coefficient (Wildman–Crippen LogP) is 5.03. The van der Waals surface area contributed by atoms with Crippen molar-refractivity contribution in [1.29, 1.82) is 0 Å². The van der Waals surface area contributed by atoms with E-state index in [1.807, 2.05) is 13.0 Å². The van der Waals surface area contributed by atoms with Crippen molar-refractivity contribution in [3.05, 3.63) is 74.1 Å². The van der Waals surface area contributed by atoms with E-state index < -0.39 is 6.17 Å². The molecule has 8 heteroatoms. The molecule has 6 nitrogen and oxygen atoms in total. The van der Waals surface area contributed by atoms with E-state index in [-0.39, 0.29) is 11.7 Å². The van der Waals surface area contributed by atoms with Gasteiger partial charge in [-0.1, -0.05) is 30.3 Å². The number of thiophene rings is 1. The molecule has 5 rings (SSSR count). The summed E-state index contributed by atoms with van der Waals surface area (Å²) in [7, 11) is 0. The Morgan fingerprint density at radius 1 is 1.25 bits per heavy atom. The second-order valence-corrected chi connectivity index (χ2v) is 9.95. The van der Waals surface area contributed by atoms with Crippen LogP contribution in [-0.2, 0) is 19.5 Å². The van der Waals surface area contributed by atoms with Crippen LogP contribution in [0.25, 0.3) is 0 Å². The van der Waals surface area contributed by atoms with Gasteiger partial charge >= 0.3 is 0 Å². The van der Waals surface area contributed by atoms with Crippen molar-refractivity contribution in [3.8, 4) is 11.5 Å². The average molecular weight is 514 g/mol. The number of halogens is 1.